The summed E-state index contributed by atoms with van der Waals surface area (Å²) in [6, 6.07) is 0. The molecule has 0 amide bonds. The highest BCUT2D eigenvalue weighted by Gasteiger charge is 2.16. The number of carbonyl (C=O) groups is 1. The average Bonchev–Trinajstić information content (AvgIpc) is 2.90. The van der Waals surface area contributed by atoms with E-state index < -0.39 is 0 Å². The van der Waals surface area contributed by atoms with Crippen LogP contribution in [0.25, 0.3) is 0 Å². The minimum absolute atomic E-state index is 0.0988. The van der Waals surface area contributed by atoms with E-state index in [-0.39, 0.29) is 5.78 Å². The summed E-state index contributed by atoms with van der Waals surface area (Å²) in [7, 11) is 0. The molecule has 0 radical (unpaired) electrons. The standard InChI is InChI=1S/C10H14N2O2S/c13-10(9-7-11-15-12-9)5-1-3-8-4-2-6-14-8/h7-8H,1-6H2. The SMILES string of the molecule is O=C(CCCC1CCCO1)c1cnsn1. The second-order valence-corrected chi connectivity index (χ2v) is 4.30. The molecule has 0 N–H and O–H groups in total. The van der Waals surface area contributed by atoms with E-state index in [0.717, 1.165) is 44.0 Å². The Balaban J connectivity index is 1.67. The molecule has 2 rings (SSSR count). The summed E-state index contributed by atoms with van der Waals surface area (Å²) in [6.07, 6.45) is 6.67. The van der Waals surface area contributed by atoms with Gasteiger partial charge in [0.15, 0.2) is 5.78 Å². The summed E-state index contributed by atoms with van der Waals surface area (Å²) >= 11 is 1.08. The van der Waals surface area contributed by atoms with Gasteiger partial charge in [-0.25, -0.2) is 0 Å². The molecule has 1 aromatic rings. The summed E-state index contributed by atoms with van der Waals surface area (Å²) in [5, 5.41) is 0. The number of aromatic nitrogens is 2. The van der Waals surface area contributed by atoms with Crippen LogP contribution in [0.15, 0.2) is 6.20 Å². The van der Waals surface area contributed by atoms with Crippen molar-refractivity contribution >= 4 is 17.5 Å². The molecule has 82 valence electrons. The Bertz CT molecular complexity index is 307. The van der Waals surface area contributed by atoms with E-state index in [1.165, 1.54) is 0 Å². The minimum Gasteiger partial charge on any atom is -0.378 e. The molecule has 0 aliphatic carbocycles. The van der Waals surface area contributed by atoms with Crippen molar-refractivity contribution in [2.75, 3.05) is 6.61 Å². The lowest BCUT2D eigenvalue weighted by Crippen LogP contribution is -2.06. The van der Waals surface area contributed by atoms with Crippen molar-refractivity contribution in [3.8, 4) is 0 Å². The monoisotopic (exact) mass is 226 g/mol. The van der Waals surface area contributed by atoms with Gasteiger partial charge in [0.05, 0.1) is 24.0 Å². The van der Waals surface area contributed by atoms with Gasteiger partial charge in [0.1, 0.15) is 5.69 Å². The molecule has 1 aliphatic heterocycles. The van der Waals surface area contributed by atoms with Gasteiger partial charge in [-0.1, -0.05) is 0 Å². The van der Waals surface area contributed by atoms with E-state index in [0.29, 0.717) is 18.2 Å². The van der Waals surface area contributed by atoms with Gasteiger partial charge < -0.3 is 4.74 Å². The second kappa shape index (κ2) is 5.32. The first kappa shape index (κ1) is 10.7. The highest BCUT2D eigenvalue weighted by molar-refractivity contribution is 6.99. The topological polar surface area (TPSA) is 52.1 Å². The molecule has 0 spiro atoms. The van der Waals surface area contributed by atoms with E-state index in [4.69, 9.17) is 4.74 Å². The summed E-state index contributed by atoms with van der Waals surface area (Å²) in [4.78, 5) is 11.5. The second-order valence-electron chi connectivity index (χ2n) is 3.74. The van der Waals surface area contributed by atoms with Crippen molar-refractivity contribution in [1.82, 2.24) is 8.75 Å². The van der Waals surface area contributed by atoms with Crippen LogP contribution in [-0.4, -0.2) is 27.2 Å². The summed E-state index contributed by atoms with van der Waals surface area (Å²) in [5.41, 5.74) is 0.507. The number of Topliss-reactive ketones (excluding diaryl/α,β-unsaturated/α-hetero) is 1. The molecule has 5 heteroatoms. The molecule has 2 heterocycles. The lowest BCUT2D eigenvalue weighted by molar-refractivity contribution is 0.0920. The predicted octanol–water partition coefficient (Wildman–Crippen LogP) is 2.07. The highest BCUT2D eigenvalue weighted by Crippen LogP contribution is 2.18. The number of carbonyl (C=O) groups excluding carboxylic acids is 1. The van der Waals surface area contributed by atoms with Crippen LogP contribution in [0.4, 0.5) is 0 Å². The largest absolute Gasteiger partial charge is 0.378 e. The van der Waals surface area contributed by atoms with Crippen LogP contribution in [0.5, 0.6) is 0 Å². The predicted molar refractivity (Wildman–Crippen MR) is 57.1 cm³/mol. The van der Waals surface area contributed by atoms with E-state index in [2.05, 4.69) is 8.75 Å². The maximum Gasteiger partial charge on any atom is 0.183 e. The normalized spacial score (nSPS) is 20.7. The fraction of sp³-hybridized carbons (Fsp3) is 0.700. The molecule has 4 nitrogen and oxygen atoms in total. The smallest absolute Gasteiger partial charge is 0.183 e. The summed E-state index contributed by atoms with van der Waals surface area (Å²) in [6.45, 7) is 0.884. The molecule has 0 saturated carbocycles. The van der Waals surface area contributed by atoms with Crippen LogP contribution in [0.1, 0.15) is 42.6 Å². The average molecular weight is 226 g/mol. The Morgan fingerprint density at radius 1 is 1.67 bits per heavy atom. The fourth-order valence-electron chi connectivity index (χ4n) is 1.78. The van der Waals surface area contributed by atoms with Crippen LogP contribution < -0.4 is 0 Å². The van der Waals surface area contributed by atoms with Gasteiger partial charge in [-0.05, 0) is 25.7 Å². The van der Waals surface area contributed by atoms with Gasteiger partial charge in [0.25, 0.3) is 0 Å². The van der Waals surface area contributed by atoms with Crippen molar-refractivity contribution in [2.45, 2.75) is 38.2 Å². The van der Waals surface area contributed by atoms with Crippen LogP contribution in [0.3, 0.4) is 0 Å². The van der Waals surface area contributed by atoms with Gasteiger partial charge in [0, 0.05) is 13.0 Å². The highest BCUT2D eigenvalue weighted by atomic mass is 32.1. The van der Waals surface area contributed by atoms with E-state index in [1.807, 2.05) is 0 Å². The van der Waals surface area contributed by atoms with Crippen molar-refractivity contribution in [3.05, 3.63) is 11.9 Å². The molecule has 1 atom stereocenters. The lowest BCUT2D eigenvalue weighted by atomic mass is 10.1. The molecule has 1 aromatic heterocycles. The molecular weight excluding hydrogens is 212 g/mol. The zero-order valence-electron chi connectivity index (χ0n) is 8.52. The third-order valence-electron chi connectivity index (χ3n) is 2.60. The number of hydrogen-bond acceptors (Lipinski definition) is 5. The maximum atomic E-state index is 11.5. The Kier molecular flexibility index (Phi) is 3.80. The number of hydrogen-bond donors (Lipinski definition) is 0. The molecule has 1 unspecified atom stereocenters. The first-order valence-electron chi connectivity index (χ1n) is 5.28. The number of nitrogens with zero attached hydrogens (tertiary/aromatic N) is 2. The number of ether oxygens (including phenoxy) is 1. The summed E-state index contributed by atoms with van der Waals surface area (Å²) in [5.74, 6) is 0.0988. The third kappa shape index (κ3) is 3.07. The fourth-order valence-corrected chi connectivity index (χ4v) is 2.21. The van der Waals surface area contributed by atoms with Gasteiger partial charge in [-0.15, -0.1) is 0 Å². The van der Waals surface area contributed by atoms with Gasteiger partial charge in [0.2, 0.25) is 0 Å². The van der Waals surface area contributed by atoms with Gasteiger partial charge >= 0.3 is 0 Å². The maximum absolute atomic E-state index is 11.5. The zero-order valence-corrected chi connectivity index (χ0v) is 9.33. The minimum atomic E-state index is 0.0988. The third-order valence-corrected chi connectivity index (χ3v) is 3.08. The zero-order chi connectivity index (χ0) is 10.5. The van der Waals surface area contributed by atoms with Crippen molar-refractivity contribution in [1.29, 1.82) is 0 Å². The Morgan fingerprint density at radius 2 is 2.60 bits per heavy atom. The Morgan fingerprint density at radius 3 is 3.27 bits per heavy atom. The van der Waals surface area contributed by atoms with Crippen LogP contribution in [0.2, 0.25) is 0 Å². The molecule has 1 saturated heterocycles. The van der Waals surface area contributed by atoms with E-state index >= 15 is 0 Å². The van der Waals surface area contributed by atoms with Crippen molar-refractivity contribution in [2.24, 2.45) is 0 Å². The van der Waals surface area contributed by atoms with Gasteiger partial charge in [-0.3, -0.25) is 4.79 Å². The molecule has 1 fully saturated rings. The first-order chi connectivity index (χ1) is 7.36. The lowest BCUT2D eigenvalue weighted by Gasteiger charge is -2.07. The Hall–Kier alpha value is -0.810. The quantitative estimate of drug-likeness (QED) is 0.721. The van der Waals surface area contributed by atoms with Crippen molar-refractivity contribution in [3.63, 3.8) is 0 Å². The molecule has 0 aromatic carbocycles. The molecule has 1 aliphatic rings. The van der Waals surface area contributed by atoms with Crippen molar-refractivity contribution < 1.29 is 9.53 Å². The molecular formula is C10H14N2O2S. The van der Waals surface area contributed by atoms with Crippen LogP contribution >= 0.6 is 11.7 Å². The van der Waals surface area contributed by atoms with E-state index in [1.54, 1.807) is 6.20 Å². The Labute approximate surface area is 93.0 Å². The van der Waals surface area contributed by atoms with Gasteiger partial charge in [-0.2, -0.15) is 8.75 Å². The molecule has 15 heavy (non-hydrogen) atoms. The molecule has 0 bridgehead atoms. The van der Waals surface area contributed by atoms with Crippen LogP contribution in [-0.2, 0) is 4.74 Å². The summed E-state index contributed by atoms with van der Waals surface area (Å²) < 4.78 is 13.2. The van der Waals surface area contributed by atoms with E-state index in [9.17, 15) is 4.79 Å². The first-order valence-corrected chi connectivity index (χ1v) is 6.01. The number of rotatable bonds is 5. The number of ketones is 1. The van der Waals surface area contributed by atoms with Crippen LogP contribution in [0, 0.1) is 0 Å².